The van der Waals surface area contributed by atoms with E-state index in [-0.39, 0.29) is 12.6 Å². The Labute approximate surface area is 143 Å². The molecule has 0 fully saturated rings. The second-order valence-electron chi connectivity index (χ2n) is 5.77. The Kier molecular flexibility index (Phi) is 12.5. The van der Waals surface area contributed by atoms with Crippen LogP contribution in [0.3, 0.4) is 0 Å². The van der Waals surface area contributed by atoms with Crippen molar-refractivity contribution >= 4 is 19.5 Å². The van der Waals surface area contributed by atoms with Crippen LogP contribution in [0, 0.1) is 0 Å². The van der Waals surface area contributed by atoms with Gasteiger partial charge in [0.15, 0.2) is 0 Å². The molecule has 8 heteroatoms. The average molecular weight is 364 g/mol. The predicted octanol–water partition coefficient (Wildman–Crippen LogP) is 3.51. The van der Waals surface area contributed by atoms with Crippen molar-refractivity contribution in [3.05, 3.63) is 12.2 Å². The van der Waals surface area contributed by atoms with Gasteiger partial charge in [-0.1, -0.05) is 45.1 Å². The molecule has 0 radical (unpaired) electrons. The summed E-state index contributed by atoms with van der Waals surface area (Å²) in [5, 5.41) is 8.44. The summed E-state index contributed by atoms with van der Waals surface area (Å²) < 4.78 is 21.0. The van der Waals surface area contributed by atoms with Gasteiger partial charge in [0.05, 0.1) is 13.2 Å². The zero-order valence-corrected chi connectivity index (χ0v) is 15.3. The lowest BCUT2D eigenvalue weighted by molar-refractivity contribution is -0.139. The van der Waals surface area contributed by atoms with Gasteiger partial charge in [-0.3, -0.25) is 9.36 Å². The largest absolute Gasteiger partial charge is 0.481 e. The van der Waals surface area contributed by atoms with Crippen LogP contribution in [-0.2, 0) is 23.4 Å². The molecule has 0 aromatic carbocycles. The Morgan fingerprint density at radius 1 is 0.958 bits per heavy atom. The highest BCUT2D eigenvalue weighted by Crippen LogP contribution is 2.41. The summed E-state index contributed by atoms with van der Waals surface area (Å²) in [6.45, 7) is 5.67. The second-order valence-corrected chi connectivity index (χ2v) is 7.62. The summed E-state index contributed by atoms with van der Waals surface area (Å²) in [6, 6.07) is 0. The summed E-state index contributed by atoms with van der Waals surface area (Å²) in [5.41, 5.74) is 0.416. The molecule has 24 heavy (non-hydrogen) atoms. The molecule has 0 heterocycles. The average Bonchev–Trinajstić information content (AvgIpc) is 2.46. The molecule has 0 bridgehead atoms. The van der Waals surface area contributed by atoms with E-state index >= 15 is 0 Å². The van der Waals surface area contributed by atoms with E-state index in [0.29, 0.717) is 18.6 Å². The van der Waals surface area contributed by atoms with E-state index in [1.807, 2.05) is 0 Å². The minimum atomic E-state index is -3.98. The lowest BCUT2D eigenvalue weighted by Gasteiger charge is -2.09. The normalized spacial score (nSPS) is 13.2. The van der Waals surface area contributed by atoms with Crippen molar-refractivity contribution in [2.45, 2.75) is 58.3 Å². The minimum absolute atomic E-state index is 0.106. The van der Waals surface area contributed by atoms with E-state index in [1.165, 1.54) is 0 Å². The maximum absolute atomic E-state index is 11.3. The number of carboxylic acids is 1. The van der Waals surface area contributed by atoms with E-state index in [9.17, 15) is 19.0 Å². The number of unbranched alkanes of at least 4 members (excludes halogenated alkanes) is 7. The number of rotatable bonds is 15. The molecular weight excluding hydrogens is 335 g/mol. The first-order valence-electron chi connectivity index (χ1n) is 8.25. The molecule has 0 aliphatic heterocycles. The Morgan fingerprint density at radius 3 is 1.88 bits per heavy atom. The van der Waals surface area contributed by atoms with Crippen LogP contribution < -0.4 is 0 Å². The van der Waals surface area contributed by atoms with Crippen LogP contribution in [0.15, 0.2) is 12.2 Å². The highest BCUT2D eigenvalue weighted by atomic mass is 31.2. The van der Waals surface area contributed by atoms with Gasteiger partial charge in [-0.25, -0.2) is 4.79 Å². The molecule has 0 saturated carbocycles. The molecule has 1 atom stereocenters. The van der Waals surface area contributed by atoms with Gasteiger partial charge in [0.25, 0.3) is 0 Å². The number of aliphatic carboxylic acids is 1. The SMILES string of the molecule is C=C(C)C(=O)OCCCCCCCCCCOP(=O)(O)CC(=O)O. The van der Waals surface area contributed by atoms with Gasteiger partial charge in [-0.15, -0.1) is 0 Å². The van der Waals surface area contributed by atoms with Gasteiger partial charge >= 0.3 is 19.5 Å². The van der Waals surface area contributed by atoms with Gasteiger partial charge in [0.1, 0.15) is 6.16 Å². The monoisotopic (exact) mass is 364 g/mol. The molecule has 0 aromatic heterocycles. The zero-order chi connectivity index (χ0) is 18.4. The Bertz CT molecular complexity index is 448. The summed E-state index contributed by atoms with van der Waals surface area (Å²) >= 11 is 0. The van der Waals surface area contributed by atoms with E-state index < -0.39 is 19.7 Å². The van der Waals surface area contributed by atoms with Gasteiger partial charge in [-0.05, 0) is 19.8 Å². The molecule has 7 nitrogen and oxygen atoms in total. The van der Waals surface area contributed by atoms with Crippen molar-refractivity contribution in [1.82, 2.24) is 0 Å². The van der Waals surface area contributed by atoms with E-state index in [0.717, 1.165) is 44.9 Å². The number of carboxylic acid groups (broad SMARTS) is 1. The van der Waals surface area contributed by atoms with Crippen LogP contribution in [0.25, 0.3) is 0 Å². The first kappa shape index (κ1) is 22.8. The molecule has 0 aliphatic carbocycles. The summed E-state index contributed by atoms with van der Waals surface area (Å²) in [4.78, 5) is 30.7. The Balaban J connectivity index is 3.34. The predicted molar refractivity (Wildman–Crippen MR) is 91.0 cm³/mol. The smallest absolute Gasteiger partial charge is 0.339 e. The van der Waals surface area contributed by atoms with Crippen molar-refractivity contribution < 1.29 is 33.4 Å². The van der Waals surface area contributed by atoms with Gasteiger partial charge in [-0.2, -0.15) is 0 Å². The molecule has 140 valence electrons. The minimum Gasteiger partial charge on any atom is -0.481 e. The lowest BCUT2D eigenvalue weighted by atomic mass is 10.1. The summed E-state index contributed by atoms with van der Waals surface area (Å²) in [5.74, 6) is -1.68. The molecule has 0 saturated heterocycles. The van der Waals surface area contributed by atoms with Crippen LogP contribution in [0.2, 0.25) is 0 Å². The van der Waals surface area contributed by atoms with Crippen molar-refractivity contribution in [2.24, 2.45) is 0 Å². The van der Waals surface area contributed by atoms with E-state index in [2.05, 4.69) is 6.58 Å². The lowest BCUT2D eigenvalue weighted by Crippen LogP contribution is -2.06. The van der Waals surface area contributed by atoms with Crippen LogP contribution in [0.4, 0.5) is 0 Å². The number of esters is 1. The van der Waals surface area contributed by atoms with Gasteiger partial charge in [0.2, 0.25) is 0 Å². The third-order valence-electron chi connectivity index (χ3n) is 3.25. The van der Waals surface area contributed by atoms with Crippen LogP contribution in [-0.4, -0.2) is 41.3 Å². The molecule has 0 rings (SSSR count). The standard InChI is InChI=1S/C16H29O7P/c1-14(2)16(19)22-11-9-7-5-3-4-6-8-10-12-23-24(20,21)13-15(17)18/h1,3-13H2,2H3,(H,17,18)(H,20,21). The fraction of sp³-hybridized carbons (Fsp3) is 0.750. The molecular formula is C16H29O7P. The third-order valence-corrected chi connectivity index (χ3v) is 4.50. The highest BCUT2D eigenvalue weighted by molar-refractivity contribution is 7.53. The number of hydrogen-bond donors (Lipinski definition) is 2. The first-order chi connectivity index (χ1) is 11.2. The van der Waals surface area contributed by atoms with Crippen molar-refractivity contribution in [1.29, 1.82) is 0 Å². The highest BCUT2D eigenvalue weighted by Gasteiger charge is 2.23. The Hall–Kier alpha value is -1.17. The molecule has 0 spiro atoms. The van der Waals surface area contributed by atoms with Gasteiger partial charge in [0, 0.05) is 5.57 Å². The Morgan fingerprint density at radius 2 is 1.42 bits per heavy atom. The number of ether oxygens (including phenoxy) is 1. The molecule has 1 unspecified atom stereocenters. The van der Waals surface area contributed by atoms with Crippen molar-refractivity contribution in [3.8, 4) is 0 Å². The second kappa shape index (κ2) is 13.2. The summed E-state index contributed by atoms with van der Waals surface area (Å²) in [7, 11) is -3.98. The fourth-order valence-corrected chi connectivity index (χ4v) is 2.82. The fourth-order valence-electron chi connectivity index (χ4n) is 1.98. The summed E-state index contributed by atoms with van der Waals surface area (Å²) in [6.07, 6.45) is 6.76. The van der Waals surface area contributed by atoms with Crippen molar-refractivity contribution in [2.75, 3.05) is 19.4 Å². The molecule has 0 aliphatic rings. The topological polar surface area (TPSA) is 110 Å². The first-order valence-corrected chi connectivity index (χ1v) is 10.0. The molecule has 0 aromatic rings. The maximum Gasteiger partial charge on any atom is 0.339 e. The molecule has 0 amide bonds. The quantitative estimate of drug-likeness (QED) is 0.198. The van der Waals surface area contributed by atoms with Crippen LogP contribution in [0.1, 0.15) is 58.3 Å². The van der Waals surface area contributed by atoms with Crippen LogP contribution >= 0.6 is 7.60 Å². The van der Waals surface area contributed by atoms with Crippen LogP contribution in [0.5, 0.6) is 0 Å². The van der Waals surface area contributed by atoms with Crippen molar-refractivity contribution in [3.63, 3.8) is 0 Å². The van der Waals surface area contributed by atoms with Gasteiger partial charge < -0.3 is 19.3 Å². The van der Waals surface area contributed by atoms with E-state index in [1.54, 1.807) is 6.92 Å². The number of hydrogen-bond acceptors (Lipinski definition) is 5. The molecule has 2 N–H and O–H groups in total. The van der Waals surface area contributed by atoms with E-state index in [4.69, 9.17) is 14.4 Å². The third kappa shape index (κ3) is 14.4. The number of carbonyl (C=O) groups is 2. The number of carbonyl (C=O) groups excluding carboxylic acids is 1. The zero-order valence-electron chi connectivity index (χ0n) is 14.4. The maximum atomic E-state index is 11.3.